The van der Waals surface area contributed by atoms with Gasteiger partial charge < -0.3 is 11.5 Å². The third kappa shape index (κ3) is 4.17. The first kappa shape index (κ1) is 26.9. The monoisotopic (exact) mass is 569 g/mol. The second kappa shape index (κ2) is 9.98. The average Bonchev–Trinajstić information content (AvgIpc) is 3.04. The zero-order valence-corrected chi connectivity index (χ0v) is 22.1. The lowest BCUT2D eigenvalue weighted by atomic mass is 9.82. The molecule has 4 aromatic carbocycles. The second-order valence-corrected chi connectivity index (χ2v) is 9.82. The van der Waals surface area contributed by atoms with Crippen LogP contribution in [0.2, 0.25) is 0 Å². The van der Waals surface area contributed by atoms with Crippen LogP contribution in [0.5, 0.6) is 0 Å². The Morgan fingerprint density at radius 2 is 1.26 bits per heavy atom. The molecule has 1 aromatic heterocycles. The Bertz CT molecular complexity index is 2130. The maximum atomic E-state index is 14.8. The molecule has 1 aliphatic rings. The molecule has 5 aromatic rings. The van der Waals surface area contributed by atoms with Crippen molar-refractivity contribution in [3.05, 3.63) is 112 Å². The standard InChI is InChI=1S/C33H18F3N7/c34-26-24(27(35)32(42)28(36)31(26)41)18-7-5-17(6-8-18)21-12-22-25(30(40)29(21)39)20-3-1-2-4-23(20)43-33(22)19-10-15(13-37)9-16(11-19)14-38/h1-12,39-40H,41-42H2. The maximum absolute atomic E-state index is 14.8. The van der Waals surface area contributed by atoms with Crippen LogP contribution in [0.3, 0.4) is 0 Å². The fourth-order valence-electron chi connectivity index (χ4n) is 5.23. The number of rotatable bonds is 3. The normalized spacial score (nSPS) is 12.4. The van der Waals surface area contributed by atoms with Crippen molar-refractivity contribution in [2.24, 2.45) is 0 Å². The smallest absolute Gasteiger partial charge is 0.174 e. The van der Waals surface area contributed by atoms with Gasteiger partial charge in [-0.05, 0) is 41.5 Å². The van der Waals surface area contributed by atoms with E-state index in [9.17, 15) is 23.7 Å². The van der Waals surface area contributed by atoms with Crippen LogP contribution < -0.4 is 11.5 Å². The van der Waals surface area contributed by atoms with E-state index in [0.717, 1.165) is 0 Å². The van der Waals surface area contributed by atoms with Crippen molar-refractivity contribution in [2.75, 3.05) is 11.5 Å². The summed E-state index contributed by atoms with van der Waals surface area (Å²) < 4.78 is 43.5. The molecule has 6 rings (SSSR count). The molecular weight excluding hydrogens is 551 g/mol. The molecule has 43 heavy (non-hydrogen) atoms. The van der Waals surface area contributed by atoms with E-state index in [1.165, 1.54) is 30.3 Å². The van der Waals surface area contributed by atoms with Crippen molar-refractivity contribution in [2.45, 2.75) is 0 Å². The van der Waals surface area contributed by atoms with E-state index in [2.05, 4.69) is 12.1 Å². The molecular formula is C33H18F3N7. The van der Waals surface area contributed by atoms with Crippen molar-refractivity contribution in [3.63, 3.8) is 0 Å². The molecule has 0 fully saturated rings. The molecule has 7 nitrogen and oxygen atoms in total. The van der Waals surface area contributed by atoms with Gasteiger partial charge in [-0.25, -0.2) is 18.2 Å². The Morgan fingerprint density at radius 1 is 0.674 bits per heavy atom. The van der Waals surface area contributed by atoms with Crippen LogP contribution in [-0.2, 0) is 0 Å². The summed E-state index contributed by atoms with van der Waals surface area (Å²) in [5.41, 5.74) is 12.1. The van der Waals surface area contributed by atoms with Crippen molar-refractivity contribution in [1.82, 2.24) is 4.98 Å². The number of nitriles is 2. The average molecular weight is 570 g/mol. The van der Waals surface area contributed by atoms with Gasteiger partial charge in [-0.15, -0.1) is 0 Å². The highest BCUT2D eigenvalue weighted by molar-refractivity contribution is 6.64. The van der Waals surface area contributed by atoms with Crippen LogP contribution in [0.15, 0.2) is 66.7 Å². The Kier molecular flexibility index (Phi) is 6.25. The number of halogens is 3. The number of para-hydroxylation sites is 1. The summed E-state index contributed by atoms with van der Waals surface area (Å²) in [4.78, 5) is 4.83. The summed E-state index contributed by atoms with van der Waals surface area (Å²) in [7, 11) is 0. The van der Waals surface area contributed by atoms with Crippen molar-refractivity contribution in [3.8, 4) is 34.5 Å². The largest absolute Gasteiger partial charge is 0.394 e. The second-order valence-electron chi connectivity index (χ2n) is 9.82. The number of fused-ring (bicyclic) bond motifs is 3. The first-order chi connectivity index (χ1) is 20.6. The van der Waals surface area contributed by atoms with Gasteiger partial charge in [0, 0.05) is 27.6 Å². The van der Waals surface area contributed by atoms with E-state index in [-0.39, 0.29) is 28.1 Å². The molecule has 0 atom stereocenters. The zero-order valence-electron chi connectivity index (χ0n) is 22.1. The molecule has 10 heteroatoms. The highest BCUT2D eigenvalue weighted by atomic mass is 19.1. The van der Waals surface area contributed by atoms with Gasteiger partial charge in [0.05, 0.1) is 51.5 Å². The molecule has 6 N–H and O–H groups in total. The minimum absolute atomic E-state index is 0.0428. The van der Waals surface area contributed by atoms with Gasteiger partial charge in [0.25, 0.3) is 0 Å². The lowest BCUT2D eigenvalue weighted by Gasteiger charge is -2.23. The maximum Gasteiger partial charge on any atom is 0.174 e. The van der Waals surface area contributed by atoms with Gasteiger partial charge in [0.2, 0.25) is 0 Å². The number of aromatic nitrogens is 1. The van der Waals surface area contributed by atoms with E-state index in [1.54, 1.807) is 42.5 Å². The van der Waals surface area contributed by atoms with Crippen molar-refractivity contribution < 1.29 is 13.2 Å². The molecule has 0 saturated carbocycles. The predicted octanol–water partition coefficient (Wildman–Crippen LogP) is 6.84. The Labute approximate surface area is 242 Å². The van der Waals surface area contributed by atoms with Gasteiger partial charge in [-0.3, -0.25) is 10.8 Å². The Hall–Kier alpha value is -6.26. The number of benzene rings is 4. The fourth-order valence-corrected chi connectivity index (χ4v) is 5.23. The number of nitrogens with zero attached hydrogens (tertiary/aromatic N) is 3. The summed E-state index contributed by atoms with van der Waals surface area (Å²) >= 11 is 0. The molecule has 0 aliphatic heterocycles. The first-order valence-corrected chi connectivity index (χ1v) is 12.7. The number of hydrogen-bond donors (Lipinski definition) is 4. The van der Waals surface area contributed by atoms with Gasteiger partial charge in [0.1, 0.15) is 11.4 Å². The first-order valence-electron chi connectivity index (χ1n) is 12.7. The topological polar surface area (TPSA) is 160 Å². The molecule has 0 amide bonds. The molecule has 0 unspecified atom stereocenters. The van der Waals surface area contributed by atoms with Gasteiger partial charge in [0.15, 0.2) is 17.5 Å². The minimum Gasteiger partial charge on any atom is -0.394 e. The lowest BCUT2D eigenvalue weighted by molar-refractivity contribution is 0.560. The third-order valence-electron chi connectivity index (χ3n) is 7.32. The predicted molar refractivity (Wildman–Crippen MR) is 160 cm³/mol. The Morgan fingerprint density at radius 3 is 1.86 bits per heavy atom. The van der Waals surface area contributed by atoms with Crippen molar-refractivity contribution in [1.29, 1.82) is 21.3 Å². The summed E-state index contributed by atoms with van der Waals surface area (Å²) in [6, 6.07) is 21.8. The van der Waals surface area contributed by atoms with Crippen LogP contribution in [0, 0.1) is 50.9 Å². The number of anilines is 2. The fraction of sp³-hybridized carbons (Fsp3) is 0. The summed E-state index contributed by atoms with van der Waals surface area (Å²) in [6.07, 6.45) is 1.69. The lowest BCUT2D eigenvalue weighted by Crippen LogP contribution is -2.21. The van der Waals surface area contributed by atoms with E-state index >= 15 is 0 Å². The molecule has 0 radical (unpaired) electrons. The SMILES string of the molecule is N#Cc1cc(C#N)cc(-c2nc3ccccc3c3c2C=C(c2ccc(-c4c(F)c(N)c(F)c(N)c4F)cc2)C(=N)C3=N)c1. The molecule has 206 valence electrons. The van der Waals surface area contributed by atoms with Gasteiger partial charge >= 0.3 is 0 Å². The highest BCUT2D eigenvalue weighted by Crippen LogP contribution is 2.40. The van der Waals surface area contributed by atoms with E-state index in [1.807, 2.05) is 0 Å². The van der Waals surface area contributed by atoms with Crippen molar-refractivity contribution >= 4 is 45.4 Å². The van der Waals surface area contributed by atoms with E-state index in [0.29, 0.717) is 44.4 Å². The zero-order chi connectivity index (χ0) is 30.6. The Balaban J connectivity index is 1.57. The van der Waals surface area contributed by atoms with Gasteiger partial charge in [-0.2, -0.15) is 10.5 Å². The number of nitrogen functional groups attached to an aromatic ring is 2. The molecule has 0 saturated heterocycles. The number of nitrogens with two attached hydrogens (primary N) is 2. The number of nitrogens with one attached hydrogen (secondary N) is 2. The van der Waals surface area contributed by atoms with E-state index < -0.39 is 34.4 Å². The van der Waals surface area contributed by atoms with Crippen LogP contribution in [0.1, 0.15) is 27.8 Å². The van der Waals surface area contributed by atoms with Crippen LogP contribution in [-0.4, -0.2) is 16.4 Å². The van der Waals surface area contributed by atoms with Crippen LogP contribution >= 0.6 is 0 Å². The summed E-state index contributed by atoms with van der Waals surface area (Å²) in [6.45, 7) is 0. The highest BCUT2D eigenvalue weighted by Gasteiger charge is 2.29. The molecule has 1 heterocycles. The molecule has 1 aliphatic carbocycles. The quantitative estimate of drug-likeness (QED) is 0.175. The van der Waals surface area contributed by atoms with E-state index in [4.69, 9.17) is 27.3 Å². The molecule has 0 spiro atoms. The number of allylic oxidation sites excluding steroid dienone is 1. The number of hydrogen-bond acceptors (Lipinski definition) is 7. The molecule has 0 bridgehead atoms. The minimum atomic E-state index is -1.37. The number of pyridine rings is 1. The summed E-state index contributed by atoms with van der Waals surface area (Å²) in [5.74, 6) is -3.93. The van der Waals surface area contributed by atoms with Crippen LogP contribution in [0.25, 0.3) is 44.9 Å². The van der Waals surface area contributed by atoms with Gasteiger partial charge in [-0.1, -0.05) is 42.5 Å². The third-order valence-corrected chi connectivity index (χ3v) is 7.32. The van der Waals surface area contributed by atoms with Crippen LogP contribution in [0.4, 0.5) is 24.5 Å². The summed E-state index contributed by atoms with van der Waals surface area (Å²) in [5, 5.41) is 37.6.